The van der Waals surface area contributed by atoms with Gasteiger partial charge < -0.3 is 11.5 Å². The van der Waals surface area contributed by atoms with Gasteiger partial charge in [-0.25, -0.2) is 0 Å². The molecule has 5 N–H and O–H groups in total. The van der Waals surface area contributed by atoms with Gasteiger partial charge >= 0.3 is 0 Å². The van der Waals surface area contributed by atoms with Crippen LogP contribution in [0.1, 0.15) is 31.0 Å². The summed E-state index contributed by atoms with van der Waals surface area (Å²) in [6, 6.07) is 0.321. The molecule has 1 fully saturated rings. The molecule has 1 heterocycles. The smallest absolute Gasteiger partial charge is 0.239 e. The quantitative estimate of drug-likeness (QED) is 0.548. The van der Waals surface area contributed by atoms with Crippen molar-refractivity contribution in [2.75, 3.05) is 5.73 Å². The van der Waals surface area contributed by atoms with E-state index in [1.54, 1.807) is 0 Å². The molecule has 1 aliphatic carbocycles. The van der Waals surface area contributed by atoms with E-state index < -0.39 is 0 Å². The maximum atomic E-state index is 5.78. The monoisotopic (exact) mass is 167 g/mol. The number of aromatic amines is 1. The lowest BCUT2D eigenvalue weighted by Crippen LogP contribution is -2.14. The molecule has 5 nitrogen and oxygen atoms in total. The van der Waals surface area contributed by atoms with Gasteiger partial charge in [-0.2, -0.15) is 4.98 Å². The second kappa shape index (κ2) is 2.75. The zero-order valence-electron chi connectivity index (χ0n) is 6.83. The van der Waals surface area contributed by atoms with Crippen LogP contribution in [0.3, 0.4) is 0 Å². The van der Waals surface area contributed by atoms with Gasteiger partial charge in [0.15, 0.2) is 0 Å². The first-order valence-electron chi connectivity index (χ1n) is 4.19. The standard InChI is InChI=1S/C7H13N5/c8-5-2-1-4(3-5)6-10-7(9)12-11-6/h4-5H,1-3,8H2,(H3,9,10,11,12). The number of nitrogens with two attached hydrogens (primary N) is 2. The molecule has 5 heteroatoms. The highest BCUT2D eigenvalue weighted by Gasteiger charge is 2.25. The third kappa shape index (κ3) is 1.27. The highest BCUT2D eigenvalue weighted by atomic mass is 15.3. The summed E-state index contributed by atoms with van der Waals surface area (Å²) in [5.41, 5.74) is 11.2. The van der Waals surface area contributed by atoms with E-state index in [2.05, 4.69) is 15.2 Å². The molecule has 1 aromatic heterocycles. The van der Waals surface area contributed by atoms with Crippen molar-refractivity contribution in [3.63, 3.8) is 0 Å². The summed E-state index contributed by atoms with van der Waals surface area (Å²) < 4.78 is 0. The highest BCUT2D eigenvalue weighted by Crippen LogP contribution is 2.31. The molecule has 1 saturated carbocycles. The van der Waals surface area contributed by atoms with E-state index in [1.807, 2.05) is 0 Å². The van der Waals surface area contributed by atoms with Gasteiger partial charge in [0.2, 0.25) is 5.95 Å². The summed E-state index contributed by atoms with van der Waals surface area (Å²) in [6.07, 6.45) is 3.16. The number of aromatic nitrogens is 3. The van der Waals surface area contributed by atoms with Gasteiger partial charge in [0, 0.05) is 12.0 Å². The van der Waals surface area contributed by atoms with E-state index in [-0.39, 0.29) is 0 Å². The van der Waals surface area contributed by atoms with Crippen molar-refractivity contribution >= 4 is 5.95 Å². The zero-order chi connectivity index (χ0) is 8.55. The SMILES string of the molecule is Nc1n[nH]c(C2CCC(N)C2)n1. The van der Waals surface area contributed by atoms with Crippen molar-refractivity contribution in [2.24, 2.45) is 5.73 Å². The lowest BCUT2D eigenvalue weighted by molar-refractivity contribution is 0.645. The topological polar surface area (TPSA) is 93.6 Å². The van der Waals surface area contributed by atoms with Gasteiger partial charge in [-0.15, -0.1) is 5.10 Å². The summed E-state index contributed by atoms with van der Waals surface area (Å²) in [5, 5.41) is 6.61. The molecule has 0 spiro atoms. The second-order valence-electron chi connectivity index (χ2n) is 3.35. The van der Waals surface area contributed by atoms with Crippen molar-refractivity contribution < 1.29 is 0 Å². The van der Waals surface area contributed by atoms with E-state index >= 15 is 0 Å². The van der Waals surface area contributed by atoms with E-state index in [4.69, 9.17) is 11.5 Å². The molecule has 1 aliphatic rings. The number of nitrogen functional groups attached to an aromatic ring is 1. The highest BCUT2D eigenvalue weighted by molar-refractivity contribution is 5.15. The van der Waals surface area contributed by atoms with Gasteiger partial charge in [-0.1, -0.05) is 0 Å². The van der Waals surface area contributed by atoms with Crippen LogP contribution < -0.4 is 11.5 Å². The minimum Gasteiger partial charge on any atom is -0.367 e. The summed E-state index contributed by atoms with van der Waals surface area (Å²) in [6.45, 7) is 0. The number of hydrogen-bond acceptors (Lipinski definition) is 4. The molecule has 0 aromatic carbocycles. The van der Waals surface area contributed by atoms with Crippen LogP contribution in [0.4, 0.5) is 5.95 Å². The van der Waals surface area contributed by atoms with Crippen LogP contribution in [0, 0.1) is 0 Å². The van der Waals surface area contributed by atoms with Crippen molar-refractivity contribution in [3.8, 4) is 0 Å². The molecule has 0 saturated heterocycles. The first-order valence-corrected chi connectivity index (χ1v) is 4.19. The predicted octanol–water partition coefficient (Wildman–Crippen LogP) is -0.0183. The van der Waals surface area contributed by atoms with Crippen LogP contribution in [-0.4, -0.2) is 21.2 Å². The van der Waals surface area contributed by atoms with E-state index in [0.29, 0.717) is 17.9 Å². The van der Waals surface area contributed by atoms with Crippen molar-refractivity contribution in [2.45, 2.75) is 31.2 Å². The first kappa shape index (κ1) is 7.54. The summed E-state index contributed by atoms with van der Waals surface area (Å²) in [4.78, 5) is 4.08. The van der Waals surface area contributed by atoms with Gasteiger partial charge in [0.05, 0.1) is 0 Å². The molecular weight excluding hydrogens is 154 g/mol. The molecule has 0 amide bonds. The third-order valence-electron chi connectivity index (χ3n) is 2.38. The fraction of sp³-hybridized carbons (Fsp3) is 0.714. The Morgan fingerprint density at radius 3 is 2.75 bits per heavy atom. The molecule has 2 unspecified atom stereocenters. The molecule has 0 radical (unpaired) electrons. The number of anilines is 1. The van der Waals surface area contributed by atoms with E-state index in [1.165, 1.54) is 0 Å². The number of rotatable bonds is 1. The fourth-order valence-electron chi connectivity index (χ4n) is 1.74. The average Bonchev–Trinajstić information content (AvgIpc) is 2.58. The summed E-state index contributed by atoms with van der Waals surface area (Å²) in [7, 11) is 0. The second-order valence-corrected chi connectivity index (χ2v) is 3.35. The third-order valence-corrected chi connectivity index (χ3v) is 2.38. The molecule has 66 valence electrons. The average molecular weight is 167 g/mol. The Labute approximate surface area is 70.5 Å². The Morgan fingerprint density at radius 2 is 2.25 bits per heavy atom. The Kier molecular flexibility index (Phi) is 1.73. The van der Waals surface area contributed by atoms with Gasteiger partial charge in [0.25, 0.3) is 0 Å². The predicted molar refractivity (Wildman–Crippen MR) is 45.4 cm³/mol. The molecule has 1 aromatic rings. The molecule has 2 atom stereocenters. The van der Waals surface area contributed by atoms with Gasteiger partial charge in [-0.05, 0) is 19.3 Å². The van der Waals surface area contributed by atoms with Gasteiger partial charge in [0.1, 0.15) is 5.82 Å². The Morgan fingerprint density at radius 1 is 1.42 bits per heavy atom. The van der Waals surface area contributed by atoms with Crippen LogP contribution in [0.15, 0.2) is 0 Å². The van der Waals surface area contributed by atoms with Crippen LogP contribution >= 0.6 is 0 Å². The largest absolute Gasteiger partial charge is 0.367 e. The Balaban J connectivity index is 2.11. The van der Waals surface area contributed by atoms with Crippen molar-refractivity contribution in [1.82, 2.24) is 15.2 Å². The van der Waals surface area contributed by atoms with Crippen LogP contribution in [0.5, 0.6) is 0 Å². The minimum atomic E-state index is 0.321. The maximum absolute atomic E-state index is 5.78. The summed E-state index contributed by atoms with van der Waals surface area (Å²) >= 11 is 0. The lowest BCUT2D eigenvalue weighted by Gasteiger charge is -2.03. The molecule has 0 bridgehead atoms. The molecular formula is C7H13N5. The number of hydrogen-bond donors (Lipinski definition) is 3. The summed E-state index contributed by atoms with van der Waals surface area (Å²) in [5.74, 6) is 1.65. The maximum Gasteiger partial charge on any atom is 0.239 e. The van der Waals surface area contributed by atoms with E-state index in [0.717, 1.165) is 25.1 Å². The Hall–Kier alpha value is -1.10. The molecule has 2 rings (SSSR count). The zero-order valence-corrected chi connectivity index (χ0v) is 6.83. The van der Waals surface area contributed by atoms with Crippen LogP contribution in [-0.2, 0) is 0 Å². The molecule has 0 aliphatic heterocycles. The minimum absolute atomic E-state index is 0.321. The number of nitrogens with one attached hydrogen (secondary N) is 1. The normalized spacial score (nSPS) is 29.4. The van der Waals surface area contributed by atoms with Crippen LogP contribution in [0.25, 0.3) is 0 Å². The van der Waals surface area contributed by atoms with Crippen molar-refractivity contribution in [1.29, 1.82) is 0 Å². The van der Waals surface area contributed by atoms with Crippen molar-refractivity contribution in [3.05, 3.63) is 5.82 Å². The fourth-order valence-corrected chi connectivity index (χ4v) is 1.74. The first-order chi connectivity index (χ1) is 5.75. The lowest BCUT2D eigenvalue weighted by atomic mass is 10.1. The molecule has 12 heavy (non-hydrogen) atoms. The number of nitrogens with zero attached hydrogens (tertiary/aromatic N) is 2. The number of H-pyrrole nitrogens is 1. The van der Waals surface area contributed by atoms with Gasteiger partial charge in [-0.3, -0.25) is 5.10 Å². The van der Waals surface area contributed by atoms with Crippen LogP contribution in [0.2, 0.25) is 0 Å². The Bertz CT molecular complexity index is 269. The van der Waals surface area contributed by atoms with E-state index in [9.17, 15) is 0 Å².